The van der Waals surface area contributed by atoms with E-state index < -0.39 is 4.83 Å². The molecule has 0 radical (unpaired) electrons. The zero-order valence-electron chi connectivity index (χ0n) is 10.3. The average Bonchev–Trinajstić information content (AvgIpc) is 2.36. The topological polar surface area (TPSA) is 52.6 Å². The summed E-state index contributed by atoms with van der Waals surface area (Å²) in [5, 5.41) is 0. The van der Waals surface area contributed by atoms with Crippen molar-refractivity contribution in [2.24, 2.45) is 0 Å². The second-order valence-corrected chi connectivity index (χ2v) is 4.93. The van der Waals surface area contributed by atoms with Crippen LogP contribution in [-0.4, -0.2) is 30.3 Å². The number of carbonyl (C=O) groups excluding carboxylic acids is 2. The molecule has 0 aliphatic rings. The van der Waals surface area contributed by atoms with E-state index in [2.05, 4.69) is 20.7 Å². The fourth-order valence-electron chi connectivity index (χ4n) is 1.36. The van der Waals surface area contributed by atoms with Crippen LogP contribution in [-0.2, 0) is 20.7 Å². The van der Waals surface area contributed by atoms with Gasteiger partial charge in [0.2, 0.25) is 0 Å². The van der Waals surface area contributed by atoms with E-state index in [1.54, 1.807) is 19.1 Å². The van der Waals surface area contributed by atoms with Gasteiger partial charge in [0, 0.05) is 6.42 Å². The summed E-state index contributed by atoms with van der Waals surface area (Å²) in [5.41, 5.74) is 0.943. The largest absolute Gasteiger partial charge is 0.492 e. The first kappa shape index (κ1) is 14.7. The molecule has 0 aromatic heterocycles. The molecule has 18 heavy (non-hydrogen) atoms. The molecular formula is C13H15BrO4. The van der Waals surface area contributed by atoms with E-state index in [0.717, 1.165) is 5.56 Å². The SMILES string of the molecule is COC(=O)C(Br)COc1ccc(CC(C)=O)cc1. The first-order valence-corrected chi connectivity index (χ1v) is 6.37. The Bertz CT molecular complexity index is 414. The summed E-state index contributed by atoms with van der Waals surface area (Å²) >= 11 is 3.16. The highest BCUT2D eigenvalue weighted by Crippen LogP contribution is 2.14. The number of carbonyl (C=O) groups is 2. The maximum atomic E-state index is 11.1. The van der Waals surface area contributed by atoms with Gasteiger partial charge in [-0.25, -0.2) is 0 Å². The number of benzene rings is 1. The van der Waals surface area contributed by atoms with Crippen molar-refractivity contribution in [3.05, 3.63) is 29.8 Å². The number of rotatable bonds is 6. The monoisotopic (exact) mass is 314 g/mol. The third-order valence-electron chi connectivity index (χ3n) is 2.23. The molecule has 98 valence electrons. The first-order valence-electron chi connectivity index (χ1n) is 5.46. The zero-order chi connectivity index (χ0) is 13.5. The summed E-state index contributed by atoms with van der Waals surface area (Å²) in [6.45, 7) is 1.74. The molecule has 0 heterocycles. The normalized spacial score (nSPS) is 11.7. The zero-order valence-corrected chi connectivity index (χ0v) is 11.9. The van der Waals surface area contributed by atoms with Gasteiger partial charge in [0.25, 0.3) is 0 Å². The van der Waals surface area contributed by atoms with Gasteiger partial charge in [-0.05, 0) is 24.6 Å². The van der Waals surface area contributed by atoms with Gasteiger partial charge < -0.3 is 9.47 Å². The number of hydrogen-bond acceptors (Lipinski definition) is 4. The van der Waals surface area contributed by atoms with Gasteiger partial charge in [-0.2, -0.15) is 0 Å². The van der Waals surface area contributed by atoms with Gasteiger partial charge in [-0.3, -0.25) is 9.59 Å². The first-order chi connectivity index (χ1) is 8.52. The molecule has 0 spiro atoms. The van der Waals surface area contributed by atoms with E-state index in [1.807, 2.05) is 12.1 Å². The number of halogens is 1. The maximum absolute atomic E-state index is 11.1. The highest BCUT2D eigenvalue weighted by atomic mass is 79.9. The van der Waals surface area contributed by atoms with Gasteiger partial charge in [0.1, 0.15) is 23.0 Å². The molecule has 0 saturated carbocycles. The van der Waals surface area contributed by atoms with E-state index in [-0.39, 0.29) is 18.4 Å². The molecule has 1 rings (SSSR count). The maximum Gasteiger partial charge on any atom is 0.322 e. The van der Waals surface area contributed by atoms with E-state index in [0.29, 0.717) is 12.2 Å². The Kier molecular flexibility index (Phi) is 5.85. The molecule has 4 nitrogen and oxygen atoms in total. The highest BCUT2D eigenvalue weighted by Gasteiger charge is 2.15. The number of esters is 1. The Morgan fingerprint density at radius 3 is 2.39 bits per heavy atom. The lowest BCUT2D eigenvalue weighted by atomic mass is 10.1. The van der Waals surface area contributed by atoms with Crippen LogP contribution in [0.15, 0.2) is 24.3 Å². The van der Waals surface area contributed by atoms with Crippen molar-refractivity contribution in [3.8, 4) is 5.75 Å². The Morgan fingerprint density at radius 1 is 1.28 bits per heavy atom. The van der Waals surface area contributed by atoms with Crippen LogP contribution in [0.25, 0.3) is 0 Å². The predicted molar refractivity (Wildman–Crippen MR) is 71.1 cm³/mol. The summed E-state index contributed by atoms with van der Waals surface area (Å²) in [5.74, 6) is 0.397. The van der Waals surface area contributed by atoms with Crippen LogP contribution < -0.4 is 4.74 Å². The molecule has 0 N–H and O–H groups in total. The minimum Gasteiger partial charge on any atom is -0.492 e. The predicted octanol–water partition coefficient (Wildman–Crippen LogP) is 2.13. The van der Waals surface area contributed by atoms with Gasteiger partial charge in [-0.15, -0.1) is 0 Å². The Morgan fingerprint density at radius 2 is 1.89 bits per heavy atom. The van der Waals surface area contributed by atoms with Gasteiger partial charge in [-0.1, -0.05) is 28.1 Å². The average molecular weight is 315 g/mol. The molecule has 1 unspecified atom stereocenters. The van der Waals surface area contributed by atoms with Crippen LogP contribution in [0.3, 0.4) is 0 Å². The fourth-order valence-corrected chi connectivity index (χ4v) is 1.68. The molecule has 0 fully saturated rings. The lowest BCUT2D eigenvalue weighted by Gasteiger charge is -2.10. The highest BCUT2D eigenvalue weighted by molar-refractivity contribution is 9.10. The standard InChI is InChI=1S/C13H15BrO4/c1-9(15)7-10-3-5-11(6-4-10)18-8-12(14)13(16)17-2/h3-6,12H,7-8H2,1-2H3. The Labute approximate surface area is 114 Å². The summed E-state index contributed by atoms with van der Waals surface area (Å²) < 4.78 is 9.98. The summed E-state index contributed by atoms with van der Waals surface area (Å²) in [4.78, 5) is 21.6. The second kappa shape index (κ2) is 7.16. The molecule has 5 heteroatoms. The summed E-state index contributed by atoms with van der Waals surface area (Å²) in [6.07, 6.45) is 0.420. The van der Waals surface area contributed by atoms with E-state index in [1.165, 1.54) is 7.11 Å². The number of methoxy groups -OCH3 is 1. The minimum absolute atomic E-state index is 0.120. The molecule has 0 amide bonds. The van der Waals surface area contributed by atoms with Crippen LogP contribution in [0, 0.1) is 0 Å². The van der Waals surface area contributed by atoms with Gasteiger partial charge >= 0.3 is 5.97 Å². The number of alkyl halides is 1. The third kappa shape index (κ3) is 4.87. The van der Waals surface area contributed by atoms with Crippen LogP contribution in [0.2, 0.25) is 0 Å². The Hall–Kier alpha value is -1.36. The van der Waals surface area contributed by atoms with Crippen molar-refractivity contribution in [1.82, 2.24) is 0 Å². The smallest absolute Gasteiger partial charge is 0.322 e. The third-order valence-corrected chi connectivity index (χ3v) is 2.87. The lowest BCUT2D eigenvalue weighted by molar-refractivity contribution is -0.140. The molecule has 1 aromatic rings. The molecule has 1 atom stereocenters. The molecule has 0 saturated heterocycles. The van der Waals surface area contributed by atoms with Gasteiger partial charge in [0.15, 0.2) is 0 Å². The van der Waals surface area contributed by atoms with Crippen molar-refractivity contribution in [3.63, 3.8) is 0 Å². The van der Waals surface area contributed by atoms with Crippen molar-refractivity contribution in [2.75, 3.05) is 13.7 Å². The fraction of sp³-hybridized carbons (Fsp3) is 0.385. The van der Waals surface area contributed by atoms with Crippen LogP contribution in [0.4, 0.5) is 0 Å². The number of ether oxygens (including phenoxy) is 2. The van der Waals surface area contributed by atoms with Crippen molar-refractivity contribution >= 4 is 27.7 Å². The minimum atomic E-state index is -0.487. The van der Waals surface area contributed by atoms with E-state index in [9.17, 15) is 9.59 Å². The number of ketones is 1. The number of Topliss-reactive ketones (excluding diaryl/α,β-unsaturated/α-hetero) is 1. The van der Waals surface area contributed by atoms with E-state index >= 15 is 0 Å². The quantitative estimate of drug-likeness (QED) is 0.596. The molecule has 0 bridgehead atoms. The second-order valence-electron chi connectivity index (χ2n) is 3.82. The summed E-state index contributed by atoms with van der Waals surface area (Å²) in [7, 11) is 1.33. The summed E-state index contributed by atoms with van der Waals surface area (Å²) in [6, 6.07) is 7.21. The van der Waals surface area contributed by atoms with Crippen molar-refractivity contribution < 1.29 is 19.1 Å². The van der Waals surface area contributed by atoms with Crippen LogP contribution >= 0.6 is 15.9 Å². The molecule has 0 aliphatic heterocycles. The van der Waals surface area contributed by atoms with Crippen LogP contribution in [0.5, 0.6) is 5.75 Å². The van der Waals surface area contributed by atoms with E-state index in [4.69, 9.17) is 4.74 Å². The molecule has 1 aromatic carbocycles. The number of hydrogen-bond donors (Lipinski definition) is 0. The van der Waals surface area contributed by atoms with Crippen LogP contribution in [0.1, 0.15) is 12.5 Å². The van der Waals surface area contributed by atoms with Crippen molar-refractivity contribution in [1.29, 1.82) is 0 Å². The molecular weight excluding hydrogens is 300 g/mol. The molecule has 0 aliphatic carbocycles. The lowest BCUT2D eigenvalue weighted by Crippen LogP contribution is -2.22. The van der Waals surface area contributed by atoms with Crippen molar-refractivity contribution in [2.45, 2.75) is 18.2 Å². The Balaban J connectivity index is 2.48. The van der Waals surface area contributed by atoms with Gasteiger partial charge in [0.05, 0.1) is 7.11 Å².